The lowest BCUT2D eigenvalue weighted by atomic mass is 10.0. The molecule has 2 fully saturated rings. The van der Waals surface area contributed by atoms with Crippen molar-refractivity contribution in [2.45, 2.75) is 31.7 Å². The van der Waals surface area contributed by atoms with E-state index in [-0.39, 0.29) is 18.3 Å². The van der Waals surface area contributed by atoms with Gasteiger partial charge in [-0.1, -0.05) is 0 Å². The molecule has 3 rings (SSSR count). The molecule has 4 nitrogen and oxygen atoms in total. The van der Waals surface area contributed by atoms with Crippen molar-refractivity contribution in [1.29, 1.82) is 0 Å². The second-order valence-corrected chi connectivity index (χ2v) is 6.15. The van der Waals surface area contributed by atoms with Crippen LogP contribution < -0.4 is 10.1 Å². The number of nitrogens with zero attached hydrogens (tertiary/aromatic N) is 1. The van der Waals surface area contributed by atoms with E-state index in [1.165, 1.54) is 12.8 Å². The molecule has 1 saturated heterocycles. The number of ether oxygens (including phenoxy) is 1. The molecule has 1 saturated carbocycles. The van der Waals surface area contributed by atoms with Crippen LogP contribution in [-0.4, -0.2) is 43.6 Å². The van der Waals surface area contributed by atoms with Gasteiger partial charge in [-0.05, 0) is 62.4 Å². The van der Waals surface area contributed by atoms with Crippen LogP contribution in [0.1, 0.15) is 36.0 Å². The molecule has 1 N–H and O–H groups in total. The van der Waals surface area contributed by atoms with E-state index >= 15 is 0 Å². The first-order chi connectivity index (χ1) is 10.3. The molecule has 2 aliphatic rings. The Labute approximate surface area is 138 Å². The number of amides is 1. The monoisotopic (exact) mass is 324 g/mol. The van der Waals surface area contributed by atoms with E-state index in [0.29, 0.717) is 6.04 Å². The fourth-order valence-corrected chi connectivity index (χ4v) is 2.86. The number of benzene rings is 1. The van der Waals surface area contributed by atoms with E-state index in [0.717, 1.165) is 49.7 Å². The van der Waals surface area contributed by atoms with Crippen LogP contribution >= 0.6 is 12.4 Å². The summed E-state index contributed by atoms with van der Waals surface area (Å²) in [5.74, 6) is 1.84. The number of piperidine rings is 1. The number of carbonyl (C=O) groups excluding carboxylic acids is 1. The van der Waals surface area contributed by atoms with Crippen LogP contribution in [0, 0.1) is 5.92 Å². The number of halogens is 1. The van der Waals surface area contributed by atoms with Crippen LogP contribution in [0.15, 0.2) is 24.3 Å². The zero-order valence-corrected chi connectivity index (χ0v) is 13.9. The highest BCUT2D eigenvalue weighted by atomic mass is 35.5. The molecule has 5 heteroatoms. The highest BCUT2D eigenvalue weighted by Gasteiger charge is 2.26. The van der Waals surface area contributed by atoms with E-state index in [9.17, 15) is 4.79 Å². The van der Waals surface area contributed by atoms with Crippen molar-refractivity contribution in [1.82, 2.24) is 10.2 Å². The molecular weight excluding hydrogens is 300 g/mol. The molecular formula is C17H25ClN2O2. The van der Waals surface area contributed by atoms with Crippen LogP contribution in [0.4, 0.5) is 0 Å². The third-order valence-corrected chi connectivity index (χ3v) is 4.51. The van der Waals surface area contributed by atoms with Gasteiger partial charge in [0, 0.05) is 24.7 Å². The van der Waals surface area contributed by atoms with Crippen molar-refractivity contribution in [3.8, 4) is 5.75 Å². The molecule has 1 aliphatic heterocycles. The molecule has 0 bridgehead atoms. The second-order valence-electron chi connectivity index (χ2n) is 6.15. The van der Waals surface area contributed by atoms with Crippen molar-refractivity contribution in [2.24, 2.45) is 5.92 Å². The van der Waals surface area contributed by atoms with Gasteiger partial charge in [-0.2, -0.15) is 0 Å². The minimum atomic E-state index is 0. The summed E-state index contributed by atoms with van der Waals surface area (Å²) in [6.45, 7) is 2.87. The third kappa shape index (κ3) is 4.37. The number of rotatable bonds is 5. The summed E-state index contributed by atoms with van der Waals surface area (Å²) < 4.78 is 5.13. The average molecular weight is 325 g/mol. The Morgan fingerprint density at radius 1 is 1.18 bits per heavy atom. The Morgan fingerprint density at radius 2 is 1.82 bits per heavy atom. The van der Waals surface area contributed by atoms with Gasteiger partial charge in [-0.25, -0.2) is 0 Å². The van der Waals surface area contributed by atoms with E-state index < -0.39 is 0 Å². The Balaban J connectivity index is 0.00000176. The van der Waals surface area contributed by atoms with Gasteiger partial charge in [-0.15, -0.1) is 12.4 Å². The summed E-state index contributed by atoms with van der Waals surface area (Å²) in [6.07, 6.45) is 4.91. The number of hydrogen-bond donors (Lipinski definition) is 1. The van der Waals surface area contributed by atoms with Crippen molar-refractivity contribution >= 4 is 18.3 Å². The Hall–Kier alpha value is -1.26. The van der Waals surface area contributed by atoms with Crippen LogP contribution in [-0.2, 0) is 0 Å². The molecule has 1 aliphatic carbocycles. The lowest BCUT2D eigenvalue weighted by Gasteiger charge is -2.32. The molecule has 122 valence electrons. The van der Waals surface area contributed by atoms with E-state index in [4.69, 9.17) is 4.74 Å². The highest BCUT2D eigenvalue weighted by molar-refractivity contribution is 5.94. The lowest BCUT2D eigenvalue weighted by Crippen LogP contribution is -2.45. The van der Waals surface area contributed by atoms with Gasteiger partial charge < -0.3 is 15.0 Å². The first-order valence-electron chi connectivity index (χ1n) is 7.93. The van der Waals surface area contributed by atoms with Crippen molar-refractivity contribution in [3.05, 3.63) is 29.8 Å². The summed E-state index contributed by atoms with van der Waals surface area (Å²) in [5, 5.41) is 3.64. The molecule has 0 radical (unpaired) electrons. The fraction of sp³-hybridized carbons (Fsp3) is 0.588. The number of methoxy groups -OCH3 is 1. The van der Waals surface area contributed by atoms with Gasteiger partial charge in [0.15, 0.2) is 0 Å². The molecule has 1 heterocycles. The second kappa shape index (κ2) is 7.84. The van der Waals surface area contributed by atoms with E-state index in [1.54, 1.807) is 7.11 Å². The SMILES string of the molecule is COc1ccc(C(=O)N2CCC(NCC3CC3)CC2)cc1.Cl. The summed E-state index contributed by atoms with van der Waals surface area (Å²) in [6, 6.07) is 7.97. The molecule has 0 aromatic heterocycles. The fourth-order valence-electron chi connectivity index (χ4n) is 2.86. The van der Waals surface area contributed by atoms with Crippen LogP contribution in [0.2, 0.25) is 0 Å². The van der Waals surface area contributed by atoms with Gasteiger partial charge in [0.1, 0.15) is 5.75 Å². The minimum absolute atomic E-state index is 0. The standard InChI is InChI=1S/C17H24N2O2.ClH/c1-21-16-6-4-14(5-7-16)17(20)19-10-8-15(9-11-19)18-12-13-2-3-13;/h4-7,13,15,18H,2-3,8-12H2,1H3;1H. The highest BCUT2D eigenvalue weighted by Crippen LogP contribution is 2.28. The number of carbonyl (C=O) groups is 1. The number of likely N-dealkylation sites (tertiary alicyclic amines) is 1. The maximum Gasteiger partial charge on any atom is 0.253 e. The molecule has 1 amide bonds. The summed E-state index contributed by atoms with van der Waals surface area (Å²) >= 11 is 0. The Morgan fingerprint density at radius 3 is 2.36 bits per heavy atom. The summed E-state index contributed by atoms with van der Waals surface area (Å²) in [5.41, 5.74) is 0.750. The maximum atomic E-state index is 12.4. The number of hydrogen-bond acceptors (Lipinski definition) is 3. The van der Waals surface area contributed by atoms with E-state index in [1.807, 2.05) is 29.2 Å². The molecule has 1 aromatic rings. The van der Waals surface area contributed by atoms with Crippen molar-refractivity contribution < 1.29 is 9.53 Å². The number of nitrogens with one attached hydrogen (secondary N) is 1. The van der Waals surface area contributed by atoms with Crippen molar-refractivity contribution in [3.63, 3.8) is 0 Å². The Bertz CT molecular complexity index is 480. The molecule has 22 heavy (non-hydrogen) atoms. The normalized spacial score (nSPS) is 18.7. The quantitative estimate of drug-likeness (QED) is 0.905. The summed E-state index contributed by atoms with van der Waals surface area (Å²) in [4.78, 5) is 14.4. The zero-order valence-electron chi connectivity index (χ0n) is 13.1. The van der Waals surface area contributed by atoms with Crippen LogP contribution in [0.25, 0.3) is 0 Å². The van der Waals surface area contributed by atoms with Crippen molar-refractivity contribution in [2.75, 3.05) is 26.7 Å². The van der Waals surface area contributed by atoms with Gasteiger partial charge in [0.25, 0.3) is 5.91 Å². The zero-order chi connectivity index (χ0) is 14.7. The largest absolute Gasteiger partial charge is 0.497 e. The topological polar surface area (TPSA) is 41.6 Å². The van der Waals surface area contributed by atoms with Gasteiger partial charge in [0.2, 0.25) is 0 Å². The lowest BCUT2D eigenvalue weighted by molar-refractivity contribution is 0.0705. The molecule has 0 unspecified atom stereocenters. The first-order valence-corrected chi connectivity index (χ1v) is 7.93. The maximum absolute atomic E-state index is 12.4. The van der Waals surface area contributed by atoms with E-state index in [2.05, 4.69) is 5.32 Å². The smallest absolute Gasteiger partial charge is 0.253 e. The molecule has 0 atom stereocenters. The van der Waals surface area contributed by atoms with Gasteiger partial charge in [-0.3, -0.25) is 4.79 Å². The van der Waals surface area contributed by atoms with Crippen LogP contribution in [0.3, 0.4) is 0 Å². The Kier molecular flexibility index (Phi) is 6.09. The minimum Gasteiger partial charge on any atom is -0.497 e. The predicted molar refractivity (Wildman–Crippen MR) is 89.9 cm³/mol. The third-order valence-electron chi connectivity index (χ3n) is 4.51. The van der Waals surface area contributed by atoms with Crippen LogP contribution in [0.5, 0.6) is 5.75 Å². The summed E-state index contributed by atoms with van der Waals surface area (Å²) in [7, 11) is 1.64. The predicted octanol–water partition coefficient (Wildman–Crippen LogP) is 2.72. The average Bonchev–Trinajstić information content (AvgIpc) is 3.37. The molecule has 0 spiro atoms. The van der Waals surface area contributed by atoms with Gasteiger partial charge >= 0.3 is 0 Å². The van der Waals surface area contributed by atoms with Gasteiger partial charge in [0.05, 0.1) is 7.11 Å². The first kappa shape index (κ1) is 17.1. The molecule has 1 aromatic carbocycles.